The minimum absolute atomic E-state index is 0.0305. The number of amides is 5. The summed E-state index contributed by atoms with van der Waals surface area (Å²) >= 11 is 0. The van der Waals surface area contributed by atoms with Crippen molar-refractivity contribution >= 4 is 63.6 Å². The van der Waals surface area contributed by atoms with E-state index < -0.39 is 65.5 Å². The summed E-state index contributed by atoms with van der Waals surface area (Å²) in [5.41, 5.74) is 39.1. The fourth-order valence-electron chi connectivity index (χ4n) is 11.3. The van der Waals surface area contributed by atoms with Crippen molar-refractivity contribution in [3.05, 3.63) is 153 Å². The van der Waals surface area contributed by atoms with Crippen molar-refractivity contribution in [1.82, 2.24) is 26.3 Å². The predicted octanol–water partition coefficient (Wildman–Crippen LogP) is 4.71. The number of primary amides is 1. The average Bonchev–Trinajstić information content (AvgIpc) is 1.22. The standard InChI is InChI=1S/C71H93N11O13/c1-92-63-25-21-43(33-49(63)67(77)87)37-59(83)55(17-7-11-29-72)79-68(88)50-34-44(22-26-64(50)93-2)38-60(84)56(18-8-12-30-73)80-69(89)51-35-45(23-27-65(51)94-3)39-61(85)57(19-9-13-31-74)81-70(90)52-36-46(24-28-66(52)95-4)40-62(86)58(20-10-14-32-75)82-71(91)53(76)41-47-42-78-54-16-6-5-15-48(47)54/h5-6,15-16,21-28,33-36,42,53,55-58,78H,7-14,17-20,29-32,37-41,72-76H2,1-4H3,(H2,77,87)(H,79,88)(H,80,89)(H,81,90)(H,82,91)/t53-,55-,56-,57-,58-/m0/s1. The van der Waals surface area contributed by atoms with E-state index in [1.54, 1.807) is 36.4 Å². The molecule has 0 aliphatic rings. The van der Waals surface area contributed by atoms with Crippen LogP contribution in [0.2, 0.25) is 0 Å². The van der Waals surface area contributed by atoms with E-state index in [9.17, 15) is 43.2 Å². The second-order valence-electron chi connectivity index (χ2n) is 23.5. The number of Topliss-reactive ketones (excluding diaryl/α,β-unsaturated/α-hetero) is 4. The topological polar surface area (TPSA) is 411 Å². The number of carbonyl (C=O) groups excluding carboxylic acids is 9. The summed E-state index contributed by atoms with van der Waals surface area (Å²) in [4.78, 5) is 129. The first kappa shape index (κ1) is 74.7. The van der Waals surface area contributed by atoms with Gasteiger partial charge in [-0.05, 0) is 192 Å². The van der Waals surface area contributed by atoms with Gasteiger partial charge < -0.3 is 79.6 Å². The molecule has 1 aromatic heterocycles. The summed E-state index contributed by atoms with van der Waals surface area (Å²) in [6.07, 6.45) is 6.64. The number of hydrogen-bond acceptors (Lipinski definition) is 18. The Morgan fingerprint density at radius 1 is 0.421 bits per heavy atom. The van der Waals surface area contributed by atoms with Crippen LogP contribution in [0, 0.1) is 0 Å². The van der Waals surface area contributed by atoms with E-state index in [1.807, 2.05) is 30.5 Å². The smallest absolute Gasteiger partial charge is 0.255 e. The van der Waals surface area contributed by atoms with Crippen molar-refractivity contribution in [1.29, 1.82) is 0 Å². The molecule has 0 spiro atoms. The van der Waals surface area contributed by atoms with Crippen LogP contribution in [0.4, 0.5) is 0 Å². The maximum Gasteiger partial charge on any atom is 0.255 e. The van der Waals surface area contributed by atoms with E-state index in [0.29, 0.717) is 106 Å². The highest BCUT2D eigenvalue weighted by Gasteiger charge is 2.30. The maximum absolute atomic E-state index is 14.5. The Kier molecular flexibility index (Phi) is 30.0. The maximum atomic E-state index is 14.5. The third-order valence-electron chi connectivity index (χ3n) is 16.6. The molecule has 0 fully saturated rings. The second kappa shape index (κ2) is 38.1. The van der Waals surface area contributed by atoms with E-state index in [1.165, 1.54) is 64.8 Å². The number of para-hydroxylation sites is 1. The fraction of sp³-hybridized carbons (Fsp3) is 0.423. The van der Waals surface area contributed by atoms with Gasteiger partial charge >= 0.3 is 0 Å². The highest BCUT2D eigenvalue weighted by molar-refractivity contribution is 6.04. The van der Waals surface area contributed by atoms with Crippen molar-refractivity contribution in [2.45, 2.75) is 139 Å². The van der Waals surface area contributed by atoms with Gasteiger partial charge in [0, 0.05) is 42.8 Å². The minimum Gasteiger partial charge on any atom is -0.496 e. The first-order valence-electron chi connectivity index (χ1n) is 32.2. The van der Waals surface area contributed by atoms with E-state index in [-0.39, 0.29) is 114 Å². The van der Waals surface area contributed by atoms with E-state index in [4.69, 9.17) is 53.3 Å². The molecule has 95 heavy (non-hydrogen) atoms. The number of nitrogens with two attached hydrogens (primary N) is 6. The zero-order valence-corrected chi connectivity index (χ0v) is 54.8. The number of ether oxygens (including phenoxy) is 4. The molecule has 0 aliphatic carbocycles. The summed E-state index contributed by atoms with van der Waals surface area (Å²) in [6.45, 7) is 1.44. The summed E-state index contributed by atoms with van der Waals surface area (Å²) in [7, 11) is 5.55. The molecule has 0 saturated carbocycles. The molecule has 0 bridgehead atoms. The van der Waals surface area contributed by atoms with E-state index in [0.717, 1.165) is 16.5 Å². The van der Waals surface area contributed by atoms with Crippen LogP contribution in [0.25, 0.3) is 10.9 Å². The molecule has 6 aromatic rings. The number of unbranched alkanes of at least 4 members (excludes halogenated alkanes) is 4. The summed E-state index contributed by atoms with van der Waals surface area (Å²) < 4.78 is 22.1. The highest BCUT2D eigenvalue weighted by atomic mass is 16.5. The lowest BCUT2D eigenvalue weighted by Gasteiger charge is -2.21. The summed E-state index contributed by atoms with van der Waals surface area (Å²) in [5, 5.41) is 12.5. The Bertz CT molecular complexity index is 3630. The lowest BCUT2D eigenvalue weighted by Crippen LogP contribution is -2.49. The Hall–Kier alpha value is -9.33. The molecule has 17 N–H and O–H groups in total. The number of ketones is 4. The molecule has 0 saturated heterocycles. The normalized spacial score (nSPS) is 12.7. The monoisotopic (exact) mass is 1310 g/mol. The van der Waals surface area contributed by atoms with Crippen molar-refractivity contribution < 1.29 is 62.1 Å². The lowest BCUT2D eigenvalue weighted by molar-refractivity contribution is -0.128. The van der Waals surface area contributed by atoms with Crippen LogP contribution < -0.4 is 74.6 Å². The molecule has 510 valence electrons. The molecule has 5 aromatic carbocycles. The van der Waals surface area contributed by atoms with E-state index in [2.05, 4.69) is 26.3 Å². The molecular formula is C71H93N11O13. The highest BCUT2D eigenvalue weighted by Crippen LogP contribution is 2.27. The third-order valence-corrected chi connectivity index (χ3v) is 16.6. The van der Waals surface area contributed by atoms with Gasteiger partial charge in [0.25, 0.3) is 23.6 Å². The van der Waals surface area contributed by atoms with Crippen LogP contribution >= 0.6 is 0 Å². The van der Waals surface area contributed by atoms with Gasteiger partial charge in [-0.1, -0.05) is 42.5 Å². The van der Waals surface area contributed by atoms with Crippen LogP contribution in [0.1, 0.15) is 146 Å². The Labute approximate surface area is 554 Å². The summed E-state index contributed by atoms with van der Waals surface area (Å²) in [6, 6.07) is 21.5. The molecule has 0 unspecified atom stereocenters. The van der Waals surface area contributed by atoms with Crippen LogP contribution in [0.3, 0.4) is 0 Å². The summed E-state index contributed by atoms with van der Waals surface area (Å²) in [5.74, 6) is -3.83. The Balaban J connectivity index is 1.16. The van der Waals surface area contributed by atoms with Gasteiger partial charge in [0.2, 0.25) is 5.91 Å². The number of aromatic amines is 1. The molecule has 5 atom stereocenters. The van der Waals surface area contributed by atoms with Crippen LogP contribution in [0.5, 0.6) is 23.0 Å². The Morgan fingerprint density at radius 3 is 1.06 bits per heavy atom. The molecule has 24 nitrogen and oxygen atoms in total. The number of methoxy groups -OCH3 is 4. The predicted molar refractivity (Wildman–Crippen MR) is 363 cm³/mol. The number of carbonyl (C=O) groups is 9. The third kappa shape index (κ3) is 21.9. The van der Waals surface area contributed by atoms with Crippen molar-refractivity contribution in [2.75, 3.05) is 54.6 Å². The van der Waals surface area contributed by atoms with Gasteiger partial charge in [-0.25, -0.2) is 0 Å². The molecule has 24 heteroatoms. The van der Waals surface area contributed by atoms with Gasteiger partial charge in [0.1, 0.15) is 23.0 Å². The molecule has 0 radical (unpaired) electrons. The largest absolute Gasteiger partial charge is 0.496 e. The number of fused-ring (bicyclic) bond motifs is 1. The number of benzene rings is 5. The van der Waals surface area contributed by atoms with E-state index >= 15 is 0 Å². The number of hydrogen-bond donors (Lipinski definition) is 11. The van der Waals surface area contributed by atoms with Crippen molar-refractivity contribution in [3.63, 3.8) is 0 Å². The van der Waals surface area contributed by atoms with Gasteiger partial charge in [-0.3, -0.25) is 43.2 Å². The first-order valence-corrected chi connectivity index (χ1v) is 32.2. The quantitative estimate of drug-likeness (QED) is 0.0231. The zero-order valence-electron chi connectivity index (χ0n) is 54.8. The average molecular weight is 1310 g/mol. The lowest BCUT2D eigenvalue weighted by atomic mass is 9.95. The van der Waals surface area contributed by atoms with Gasteiger partial charge in [0.05, 0.1) is 80.9 Å². The molecule has 0 aliphatic heterocycles. The zero-order chi connectivity index (χ0) is 69.0. The second-order valence-corrected chi connectivity index (χ2v) is 23.5. The van der Waals surface area contributed by atoms with Gasteiger partial charge in [-0.15, -0.1) is 0 Å². The Morgan fingerprint density at radius 2 is 0.737 bits per heavy atom. The minimum atomic E-state index is -1.05. The number of rotatable bonds is 43. The van der Waals surface area contributed by atoms with Crippen LogP contribution in [-0.4, -0.2) is 142 Å². The van der Waals surface area contributed by atoms with Crippen LogP contribution in [0.15, 0.2) is 103 Å². The molecule has 6 rings (SSSR count). The van der Waals surface area contributed by atoms with Gasteiger partial charge in [0.15, 0.2) is 23.1 Å². The molecule has 5 amide bonds. The van der Waals surface area contributed by atoms with Gasteiger partial charge in [-0.2, -0.15) is 0 Å². The number of H-pyrrole nitrogens is 1. The molecule has 1 heterocycles. The van der Waals surface area contributed by atoms with Crippen LogP contribution in [-0.2, 0) is 56.1 Å². The number of aromatic nitrogens is 1. The SMILES string of the molecule is COc1ccc(CC(=O)[C@H](CCCCN)NC(=O)c2cc(CC(=O)[C@H](CCCCN)NC(=O)c3cc(CC(=O)[C@H](CCCCN)NC(=O)c4cc(CC(=O)[C@H](CCCCN)NC(=O)[C@@H](N)Cc5c[nH]c6ccccc56)ccc4OC)ccc3OC)ccc2OC)cc1C(N)=O. The fourth-order valence-corrected chi connectivity index (χ4v) is 11.3. The van der Waals surface area contributed by atoms with Crippen molar-refractivity contribution in [2.24, 2.45) is 34.4 Å². The molecular weight excluding hydrogens is 1210 g/mol. The first-order chi connectivity index (χ1) is 45.8. The number of nitrogens with one attached hydrogen (secondary N) is 5. The van der Waals surface area contributed by atoms with Crippen molar-refractivity contribution in [3.8, 4) is 23.0 Å².